The van der Waals surface area contributed by atoms with Gasteiger partial charge in [0.25, 0.3) is 0 Å². The van der Waals surface area contributed by atoms with E-state index in [0.717, 1.165) is 22.3 Å². The third-order valence-electron chi connectivity index (χ3n) is 4.95. The van der Waals surface area contributed by atoms with Gasteiger partial charge in [-0.3, -0.25) is 4.79 Å². The molecule has 1 unspecified atom stereocenters. The van der Waals surface area contributed by atoms with E-state index in [1.54, 1.807) is 0 Å². The van der Waals surface area contributed by atoms with Crippen LogP contribution in [0.25, 0.3) is 11.1 Å². The fraction of sp³-hybridized carbons (Fsp3) is 0.333. The van der Waals surface area contributed by atoms with E-state index in [1.165, 1.54) is 14.0 Å². The van der Waals surface area contributed by atoms with Gasteiger partial charge in [0.1, 0.15) is 12.0 Å². The number of carboxylic acid groups (broad SMARTS) is 1. The van der Waals surface area contributed by atoms with Crippen molar-refractivity contribution in [3.63, 3.8) is 0 Å². The van der Waals surface area contributed by atoms with Crippen molar-refractivity contribution in [1.29, 1.82) is 0 Å². The number of hydrogen-bond donors (Lipinski definition) is 2. The molecular weight excluding hydrogens is 346 g/mol. The molecule has 27 heavy (non-hydrogen) atoms. The van der Waals surface area contributed by atoms with Crippen LogP contribution in [0.5, 0.6) is 0 Å². The lowest BCUT2D eigenvalue weighted by Gasteiger charge is -2.24. The summed E-state index contributed by atoms with van der Waals surface area (Å²) < 4.78 is 10.4. The van der Waals surface area contributed by atoms with Crippen LogP contribution in [-0.2, 0) is 14.3 Å². The summed E-state index contributed by atoms with van der Waals surface area (Å²) in [4.78, 5) is 23.5. The highest BCUT2D eigenvalue weighted by Crippen LogP contribution is 2.44. The molecule has 6 heteroatoms. The van der Waals surface area contributed by atoms with Crippen LogP contribution in [0.1, 0.15) is 24.0 Å². The number of hydrogen-bond acceptors (Lipinski definition) is 4. The zero-order valence-corrected chi connectivity index (χ0v) is 15.4. The Hall–Kier alpha value is -2.86. The normalized spacial score (nSPS) is 14.7. The first-order valence-corrected chi connectivity index (χ1v) is 8.77. The van der Waals surface area contributed by atoms with E-state index < -0.39 is 17.5 Å². The lowest BCUT2D eigenvalue weighted by molar-refractivity contribution is -0.150. The van der Waals surface area contributed by atoms with Crippen LogP contribution in [0.4, 0.5) is 4.79 Å². The van der Waals surface area contributed by atoms with Gasteiger partial charge < -0.3 is 19.9 Å². The Morgan fingerprint density at radius 2 is 1.63 bits per heavy atom. The second kappa shape index (κ2) is 7.80. The molecule has 0 radical (unpaired) electrons. The summed E-state index contributed by atoms with van der Waals surface area (Å²) in [5.74, 6) is -1.07. The van der Waals surface area contributed by atoms with Gasteiger partial charge in [-0.2, -0.15) is 0 Å². The molecule has 0 aromatic heterocycles. The monoisotopic (exact) mass is 369 g/mol. The number of carboxylic acids is 1. The van der Waals surface area contributed by atoms with E-state index in [1.807, 2.05) is 36.4 Å². The van der Waals surface area contributed by atoms with Gasteiger partial charge in [0.05, 0.1) is 6.61 Å². The van der Waals surface area contributed by atoms with Crippen LogP contribution in [0.3, 0.4) is 0 Å². The second-order valence-electron chi connectivity index (χ2n) is 6.98. The van der Waals surface area contributed by atoms with Gasteiger partial charge in [-0.05, 0) is 29.2 Å². The Balaban J connectivity index is 1.65. The van der Waals surface area contributed by atoms with Crippen molar-refractivity contribution < 1.29 is 24.2 Å². The molecule has 1 aliphatic rings. The van der Waals surface area contributed by atoms with Gasteiger partial charge in [-0.15, -0.1) is 0 Å². The number of benzene rings is 2. The number of alkyl carbamates (subject to hydrolysis) is 1. The summed E-state index contributed by atoms with van der Waals surface area (Å²) >= 11 is 0. The average Bonchev–Trinajstić information content (AvgIpc) is 2.99. The maximum Gasteiger partial charge on any atom is 0.407 e. The van der Waals surface area contributed by atoms with E-state index in [9.17, 15) is 14.7 Å². The number of rotatable bonds is 7. The molecule has 0 spiro atoms. The Kier molecular flexibility index (Phi) is 5.46. The van der Waals surface area contributed by atoms with E-state index in [-0.39, 0.29) is 25.7 Å². The predicted octanol–water partition coefficient (Wildman–Crippen LogP) is 3.26. The van der Waals surface area contributed by atoms with Gasteiger partial charge >= 0.3 is 12.1 Å². The predicted molar refractivity (Wildman–Crippen MR) is 101 cm³/mol. The number of fused-ring (bicyclic) bond motifs is 3. The molecule has 3 rings (SSSR count). The number of nitrogens with one attached hydrogen (secondary N) is 1. The fourth-order valence-corrected chi connectivity index (χ4v) is 3.42. The zero-order valence-electron chi connectivity index (χ0n) is 15.4. The Bertz CT molecular complexity index is 804. The summed E-state index contributed by atoms with van der Waals surface area (Å²) in [6.07, 6.45) is -0.638. The van der Waals surface area contributed by atoms with Crippen LogP contribution in [0, 0.1) is 5.41 Å². The Morgan fingerprint density at radius 3 is 2.15 bits per heavy atom. The molecule has 0 saturated carbocycles. The lowest BCUT2D eigenvalue weighted by atomic mass is 9.92. The molecule has 0 fully saturated rings. The Morgan fingerprint density at radius 1 is 1.07 bits per heavy atom. The molecule has 2 aromatic carbocycles. The maximum atomic E-state index is 12.1. The molecule has 2 N–H and O–H groups in total. The van der Waals surface area contributed by atoms with Crippen molar-refractivity contribution in [3.05, 3.63) is 59.7 Å². The molecule has 1 aliphatic carbocycles. The summed E-state index contributed by atoms with van der Waals surface area (Å²) in [7, 11) is 1.43. The van der Waals surface area contributed by atoms with Crippen molar-refractivity contribution in [1.82, 2.24) is 5.32 Å². The molecule has 6 nitrogen and oxygen atoms in total. The molecule has 0 heterocycles. The van der Waals surface area contributed by atoms with Crippen LogP contribution >= 0.6 is 0 Å². The lowest BCUT2D eigenvalue weighted by Crippen LogP contribution is -2.44. The number of amides is 1. The molecule has 1 amide bonds. The minimum Gasteiger partial charge on any atom is -0.481 e. The average molecular weight is 369 g/mol. The summed E-state index contributed by atoms with van der Waals surface area (Å²) in [6, 6.07) is 16.2. The largest absolute Gasteiger partial charge is 0.481 e. The minimum absolute atomic E-state index is 0.00795. The van der Waals surface area contributed by atoms with Crippen LogP contribution in [-0.4, -0.2) is 44.0 Å². The van der Waals surface area contributed by atoms with Gasteiger partial charge in [-0.25, -0.2) is 4.79 Å². The Labute approximate surface area is 158 Å². The van der Waals surface area contributed by atoms with E-state index in [2.05, 4.69) is 17.4 Å². The van der Waals surface area contributed by atoms with Crippen molar-refractivity contribution in [3.8, 4) is 11.1 Å². The van der Waals surface area contributed by atoms with Crippen molar-refractivity contribution >= 4 is 12.1 Å². The van der Waals surface area contributed by atoms with E-state index in [4.69, 9.17) is 9.47 Å². The van der Waals surface area contributed by atoms with E-state index in [0.29, 0.717) is 0 Å². The molecule has 1 atom stereocenters. The molecule has 0 saturated heterocycles. The number of aliphatic carboxylic acids is 1. The first-order chi connectivity index (χ1) is 13.0. The number of methoxy groups -OCH3 is 1. The van der Waals surface area contributed by atoms with Gasteiger partial charge in [0.2, 0.25) is 0 Å². The number of carbonyl (C=O) groups excluding carboxylic acids is 1. The van der Waals surface area contributed by atoms with Gasteiger partial charge in [-0.1, -0.05) is 48.5 Å². The molecule has 142 valence electrons. The van der Waals surface area contributed by atoms with Crippen LogP contribution in [0.15, 0.2) is 48.5 Å². The summed E-state index contributed by atoms with van der Waals surface area (Å²) in [5.41, 5.74) is 3.35. The smallest absolute Gasteiger partial charge is 0.407 e. The van der Waals surface area contributed by atoms with E-state index >= 15 is 0 Å². The SMILES string of the molecule is COCC(C)(CNC(=O)OCC1c2ccccc2-c2ccccc21)C(=O)O. The molecular formula is C21H23NO5. The van der Waals surface area contributed by atoms with Crippen LogP contribution < -0.4 is 5.32 Å². The van der Waals surface area contributed by atoms with Crippen molar-refractivity contribution in [2.45, 2.75) is 12.8 Å². The highest BCUT2D eigenvalue weighted by molar-refractivity contribution is 5.79. The quantitative estimate of drug-likeness (QED) is 0.782. The standard InChI is InChI=1S/C21H23NO5/c1-21(13-26-2,19(23)24)12-22-20(25)27-11-18-16-9-5-3-7-14(16)15-8-4-6-10-17(15)18/h3-10,18H,11-13H2,1-2H3,(H,22,25)(H,23,24). The molecule has 0 aliphatic heterocycles. The first-order valence-electron chi connectivity index (χ1n) is 8.77. The summed E-state index contributed by atoms with van der Waals surface area (Å²) in [5, 5.41) is 11.9. The maximum absolute atomic E-state index is 12.1. The summed E-state index contributed by atoms with van der Waals surface area (Å²) in [6.45, 7) is 1.62. The topological polar surface area (TPSA) is 84.9 Å². The van der Waals surface area contributed by atoms with Crippen LogP contribution in [0.2, 0.25) is 0 Å². The fourth-order valence-electron chi connectivity index (χ4n) is 3.42. The van der Waals surface area contributed by atoms with Crippen molar-refractivity contribution in [2.75, 3.05) is 26.9 Å². The highest BCUT2D eigenvalue weighted by atomic mass is 16.5. The highest BCUT2D eigenvalue weighted by Gasteiger charge is 2.34. The van der Waals surface area contributed by atoms with Gasteiger partial charge in [0, 0.05) is 19.6 Å². The first kappa shape index (κ1) is 18.9. The molecule has 2 aromatic rings. The third-order valence-corrected chi connectivity index (χ3v) is 4.95. The molecule has 0 bridgehead atoms. The number of ether oxygens (including phenoxy) is 2. The minimum atomic E-state index is -1.21. The zero-order chi connectivity index (χ0) is 19.4. The number of carbonyl (C=O) groups is 2. The van der Waals surface area contributed by atoms with Gasteiger partial charge in [0.15, 0.2) is 0 Å². The third kappa shape index (κ3) is 3.80. The van der Waals surface area contributed by atoms with Crippen molar-refractivity contribution in [2.24, 2.45) is 5.41 Å². The second-order valence-corrected chi connectivity index (χ2v) is 6.98.